The summed E-state index contributed by atoms with van der Waals surface area (Å²) in [5, 5.41) is 0. The van der Waals surface area contributed by atoms with Gasteiger partial charge in [0, 0.05) is 25.8 Å². The highest BCUT2D eigenvalue weighted by Crippen LogP contribution is 2.31. The van der Waals surface area contributed by atoms with Crippen molar-refractivity contribution in [2.45, 2.75) is 25.0 Å². The third-order valence-corrected chi connectivity index (χ3v) is 3.87. The summed E-state index contributed by atoms with van der Waals surface area (Å²) in [4.78, 5) is 2.38. The topological polar surface area (TPSA) is 30.9 Å². The number of nitrogens with zero attached hydrogens (tertiary/aromatic N) is 1. The van der Waals surface area contributed by atoms with E-state index >= 15 is 0 Å². The second-order valence-corrected chi connectivity index (χ2v) is 5.28. The first-order valence-corrected chi connectivity index (χ1v) is 6.99. The minimum atomic E-state index is 0.114. The van der Waals surface area contributed by atoms with Crippen LogP contribution in [0.1, 0.15) is 12.8 Å². The zero-order chi connectivity index (χ0) is 13.1. The van der Waals surface area contributed by atoms with Gasteiger partial charge in [-0.25, -0.2) is 0 Å². The molecular formula is C15H21NO3. The molecule has 0 spiro atoms. The van der Waals surface area contributed by atoms with E-state index in [1.165, 1.54) is 0 Å². The average Bonchev–Trinajstić information content (AvgIpc) is 2.48. The molecule has 0 N–H and O–H groups in total. The minimum absolute atomic E-state index is 0.114. The van der Waals surface area contributed by atoms with E-state index in [4.69, 9.17) is 14.2 Å². The minimum Gasteiger partial charge on any atom is -0.486 e. The molecule has 104 valence electrons. The molecule has 19 heavy (non-hydrogen) atoms. The van der Waals surface area contributed by atoms with Crippen molar-refractivity contribution in [2.24, 2.45) is 0 Å². The van der Waals surface area contributed by atoms with E-state index in [0.29, 0.717) is 12.6 Å². The third kappa shape index (κ3) is 3.01. The largest absolute Gasteiger partial charge is 0.486 e. The highest BCUT2D eigenvalue weighted by atomic mass is 16.6. The van der Waals surface area contributed by atoms with Gasteiger partial charge < -0.3 is 14.2 Å². The summed E-state index contributed by atoms with van der Waals surface area (Å²) in [6.45, 7) is 3.28. The molecule has 1 fully saturated rings. The van der Waals surface area contributed by atoms with Crippen LogP contribution in [-0.2, 0) is 4.74 Å². The first kappa shape index (κ1) is 12.8. The summed E-state index contributed by atoms with van der Waals surface area (Å²) < 4.78 is 17.1. The van der Waals surface area contributed by atoms with E-state index in [1.807, 2.05) is 24.3 Å². The molecule has 0 unspecified atom stereocenters. The first-order chi connectivity index (χ1) is 9.33. The Morgan fingerprint density at radius 1 is 1.16 bits per heavy atom. The predicted molar refractivity (Wildman–Crippen MR) is 72.8 cm³/mol. The molecular weight excluding hydrogens is 242 g/mol. The Balaban J connectivity index is 1.56. The Morgan fingerprint density at radius 2 is 1.89 bits per heavy atom. The maximum Gasteiger partial charge on any atom is 0.161 e. The fourth-order valence-corrected chi connectivity index (χ4v) is 2.75. The second-order valence-electron chi connectivity index (χ2n) is 5.28. The van der Waals surface area contributed by atoms with Crippen molar-refractivity contribution in [2.75, 3.05) is 33.4 Å². The zero-order valence-corrected chi connectivity index (χ0v) is 11.4. The molecule has 4 heteroatoms. The number of rotatable bonds is 3. The van der Waals surface area contributed by atoms with Crippen LogP contribution in [0, 0.1) is 0 Å². The van der Waals surface area contributed by atoms with Gasteiger partial charge in [0.2, 0.25) is 0 Å². The van der Waals surface area contributed by atoms with Gasteiger partial charge in [-0.1, -0.05) is 12.1 Å². The summed E-state index contributed by atoms with van der Waals surface area (Å²) in [5.41, 5.74) is 0. The second kappa shape index (κ2) is 5.80. The molecule has 1 aromatic rings. The lowest BCUT2D eigenvalue weighted by atomic mass is 10.1. The van der Waals surface area contributed by atoms with E-state index in [0.717, 1.165) is 44.1 Å². The van der Waals surface area contributed by atoms with Crippen LogP contribution in [-0.4, -0.2) is 50.5 Å². The van der Waals surface area contributed by atoms with Crippen LogP contribution in [0.15, 0.2) is 24.3 Å². The highest BCUT2D eigenvalue weighted by Gasteiger charge is 2.25. The van der Waals surface area contributed by atoms with Crippen molar-refractivity contribution >= 4 is 0 Å². The van der Waals surface area contributed by atoms with E-state index in [-0.39, 0.29) is 6.10 Å². The number of para-hydroxylation sites is 2. The standard InChI is InChI=1S/C15H21NO3/c1-16(12-6-8-17-9-7-12)10-13-11-18-14-4-2-3-5-15(14)19-13/h2-5,12-13H,6-11H2,1H3/t13-/m0/s1. The summed E-state index contributed by atoms with van der Waals surface area (Å²) >= 11 is 0. The quantitative estimate of drug-likeness (QED) is 0.834. The number of benzene rings is 1. The van der Waals surface area contributed by atoms with Crippen molar-refractivity contribution in [1.82, 2.24) is 4.90 Å². The van der Waals surface area contributed by atoms with Gasteiger partial charge in [0.25, 0.3) is 0 Å². The Morgan fingerprint density at radius 3 is 2.68 bits per heavy atom. The molecule has 0 amide bonds. The number of likely N-dealkylation sites (N-methyl/N-ethyl adjacent to an activating group) is 1. The van der Waals surface area contributed by atoms with Crippen molar-refractivity contribution in [1.29, 1.82) is 0 Å². The molecule has 1 atom stereocenters. The molecule has 2 heterocycles. The maximum absolute atomic E-state index is 6.00. The number of fused-ring (bicyclic) bond motifs is 1. The van der Waals surface area contributed by atoms with Crippen molar-refractivity contribution in [3.63, 3.8) is 0 Å². The van der Waals surface area contributed by atoms with Gasteiger partial charge in [-0.15, -0.1) is 0 Å². The lowest BCUT2D eigenvalue weighted by molar-refractivity contribution is 0.0141. The molecule has 0 aliphatic carbocycles. The van der Waals surface area contributed by atoms with Crippen LogP contribution >= 0.6 is 0 Å². The predicted octanol–water partition coefficient (Wildman–Crippen LogP) is 1.94. The maximum atomic E-state index is 6.00. The summed E-state index contributed by atoms with van der Waals surface area (Å²) in [5.74, 6) is 1.71. The summed E-state index contributed by atoms with van der Waals surface area (Å²) in [7, 11) is 2.17. The van der Waals surface area contributed by atoms with Crippen molar-refractivity contribution in [3.05, 3.63) is 24.3 Å². The molecule has 4 nitrogen and oxygen atoms in total. The van der Waals surface area contributed by atoms with E-state index in [1.54, 1.807) is 0 Å². The molecule has 0 saturated carbocycles. The molecule has 0 bridgehead atoms. The monoisotopic (exact) mass is 263 g/mol. The fourth-order valence-electron chi connectivity index (χ4n) is 2.75. The number of ether oxygens (including phenoxy) is 3. The lowest BCUT2D eigenvalue weighted by Crippen LogP contribution is -2.45. The Hall–Kier alpha value is -1.26. The van der Waals surface area contributed by atoms with Crippen molar-refractivity contribution in [3.8, 4) is 11.5 Å². The van der Waals surface area contributed by atoms with Gasteiger partial charge in [-0.2, -0.15) is 0 Å². The smallest absolute Gasteiger partial charge is 0.161 e. The van der Waals surface area contributed by atoms with Crippen LogP contribution in [0.4, 0.5) is 0 Å². The SMILES string of the molecule is CN(C[C@H]1COc2ccccc2O1)C1CCOCC1. The number of hydrogen-bond donors (Lipinski definition) is 0. The Kier molecular flexibility index (Phi) is 3.89. The molecule has 1 saturated heterocycles. The van der Waals surface area contributed by atoms with Crippen LogP contribution in [0.3, 0.4) is 0 Å². The van der Waals surface area contributed by atoms with Gasteiger partial charge in [-0.05, 0) is 32.0 Å². The average molecular weight is 263 g/mol. The van der Waals surface area contributed by atoms with Gasteiger partial charge in [0.1, 0.15) is 12.7 Å². The molecule has 3 rings (SSSR count). The molecule has 0 aromatic heterocycles. The first-order valence-electron chi connectivity index (χ1n) is 6.99. The Bertz CT molecular complexity index is 418. The number of hydrogen-bond acceptors (Lipinski definition) is 4. The molecule has 2 aliphatic rings. The van der Waals surface area contributed by atoms with Crippen LogP contribution in [0.5, 0.6) is 11.5 Å². The van der Waals surface area contributed by atoms with Gasteiger partial charge in [-0.3, -0.25) is 4.90 Å². The summed E-state index contributed by atoms with van der Waals surface area (Å²) in [6.07, 6.45) is 2.34. The summed E-state index contributed by atoms with van der Waals surface area (Å²) in [6, 6.07) is 8.47. The van der Waals surface area contributed by atoms with Gasteiger partial charge in [0.15, 0.2) is 11.5 Å². The normalized spacial score (nSPS) is 23.6. The fraction of sp³-hybridized carbons (Fsp3) is 0.600. The van der Waals surface area contributed by atoms with E-state index in [9.17, 15) is 0 Å². The molecule has 0 radical (unpaired) electrons. The highest BCUT2D eigenvalue weighted by molar-refractivity contribution is 5.40. The van der Waals surface area contributed by atoms with Gasteiger partial charge in [0.05, 0.1) is 0 Å². The Labute approximate surface area is 114 Å². The van der Waals surface area contributed by atoms with Crippen LogP contribution < -0.4 is 9.47 Å². The molecule has 2 aliphatic heterocycles. The van der Waals surface area contributed by atoms with Crippen LogP contribution in [0.2, 0.25) is 0 Å². The van der Waals surface area contributed by atoms with Crippen LogP contribution in [0.25, 0.3) is 0 Å². The van der Waals surface area contributed by atoms with Crippen molar-refractivity contribution < 1.29 is 14.2 Å². The van der Waals surface area contributed by atoms with E-state index < -0.39 is 0 Å². The third-order valence-electron chi connectivity index (χ3n) is 3.87. The molecule has 1 aromatic carbocycles. The zero-order valence-electron chi connectivity index (χ0n) is 11.4. The van der Waals surface area contributed by atoms with E-state index in [2.05, 4.69) is 11.9 Å². The lowest BCUT2D eigenvalue weighted by Gasteiger charge is -2.35. The van der Waals surface area contributed by atoms with Gasteiger partial charge >= 0.3 is 0 Å².